The number of benzene rings is 2. The summed E-state index contributed by atoms with van der Waals surface area (Å²) in [5.74, 6) is 0.368. The lowest BCUT2D eigenvalue weighted by molar-refractivity contribution is -0.137. The number of carbonyl (C=O) groups is 1. The van der Waals surface area contributed by atoms with E-state index < -0.39 is 23.8 Å². The number of nitrogens with one attached hydrogen (secondary N) is 1. The Bertz CT molecular complexity index is 1070. The van der Waals surface area contributed by atoms with Crippen LogP contribution in [0.15, 0.2) is 78.1 Å². The van der Waals surface area contributed by atoms with E-state index in [4.69, 9.17) is 15.3 Å². The van der Waals surface area contributed by atoms with Crippen molar-refractivity contribution in [2.75, 3.05) is 5.32 Å². The minimum Gasteiger partial charge on any atom is -0.439 e. The van der Waals surface area contributed by atoms with Crippen molar-refractivity contribution < 1.29 is 27.5 Å². The van der Waals surface area contributed by atoms with Gasteiger partial charge in [-0.3, -0.25) is 4.79 Å². The fraction of sp³-hybridized carbons (Fsp3) is 0.136. The predicted molar refractivity (Wildman–Crippen MR) is 112 cm³/mol. The number of para-hydroxylation sites is 1. The molecule has 0 bridgehead atoms. The maximum Gasteiger partial charge on any atom is 0.416 e. The van der Waals surface area contributed by atoms with E-state index in [0.29, 0.717) is 17.2 Å². The smallest absolute Gasteiger partial charge is 0.416 e. The summed E-state index contributed by atoms with van der Waals surface area (Å²) < 4.78 is 43.4. The van der Waals surface area contributed by atoms with Gasteiger partial charge in [-0.05, 0) is 49.4 Å². The van der Waals surface area contributed by atoms with E-state index in [-0.39, 0.29) is 11.5 Å². The highest BCUT2D eigenvalue weighted by molar-refractivity contribution is 5.97. The number of amides is 1. The van der Waals surface area contributed by atoms with E-state index in [0.717, 1.165) is 24.3 Å². The van der Waals surface area contributed by atoms with Crippen LogP contribution >= 0.6 is 0 Å². The number of ether oxygens (including phenoxy) is 1. The van der Waals surface area contributed by atoms with Gasteiger partial charge in [0, 0.05) is 23.5 Å². The molecule has 0 aliphatic carbocycles. The summed E-state index contributed by atoms with van der Waals surface area (Å²) in [4.78, 5) is 21.4. The molecule has 32 heavy (non-hydrogen) atoms. The van der Waals surface area contributed by atoms with Gasteiger partial charge < -0.3 is 20.6 Å². The first-order valence-electron chi connectivity index (χ1n) is 9.39. The molecule has 1 atom stereocenters. The minimum atomic E-state index is -4.45. The van der Waals surface area contributed by atoms with Gasteiger partial charge in [0.1, 0.15) is 5.75 Å². The second-order valence-electron chi connectivity index (χ2n) is 6.59. The zero-order valence-corrected chi connectivity index (χ0v) is 16.8. The van der Waals surface area contributed by atoms with Gasteiger partial charge in [-0.2, -0.15) is 13.2 Å². The van der Waals surface area contributed by atoms with Crippen molar-refractivity contribution in [3.63, 3.8) is 0 Å². The first kappa shape index (κ1) is 22.6. The Morgan fingerprint density at radius 2 is 1.75 bits per heavy atom. The Morgan fingerprint density at radius 1 is 1.06 bits per heavy atom. The standard InChI is InChI=1S/C22H19F3N4O3/c1-14(21(30)28-17-10-8-16(9-11-17)22(23,24)25)32-29-20(26)15-7-12-19(27-13-15)31-18-5-3-2-4-6-18/h2-14H,1H3,(H2,26,29)(H,28,30). The molecule has 1 unspecified atom stereocenters. The zero-order chi connectivity index (χ0) is 23.1. The number of pyridine rings is 1. The highest BCUT2D eigenvalue weighted by atomic mass is 19.4. The number of nitrogens with two attached hydrogens (primary N) is 1. The molecule has 1 aromatic heterocycles. The third-order valence-corrected chi connectivity index (χ3v) is 4.16. The molecule has 0 saturated carbocycles. The molecule has 3 aromatic rings. The number of hydrogen-bond acceptors (Lipinski definition) is 5. The van der Waals surface area contributed by atoms with Crippen LogP contribution in [0.1, 0.15) is 18.1 Å². The van der Waals surface area contributed by atoms with Crippen molar-refractivity contribution in [1.82, 2.24) is 4.98 Å². The molecule has 1 amide bonds. The van der Waals surface area contributed by atoms with Crippen molar-refractivity contribution in [1.29, 1.82) is 0 Å². The molecule has 0 radical (unpaired) electrons. The summed E-state index contributed by atoms with van der Waals surface area (Å²) in [7, 11) is 0. The minimum absolute atomic E-state index is 0.0158. The molecular formula is C22H19F3N4O3. The van der Waals surface area contributed by atoms with Crippen molar-refractivity contribution in [2.24, 2.45) is 10.9 Å². The van der Waals surface area contributed by atoms with Crippen LogP contribution in [-0.2, 0) is 15.8 Å². The molecule has 1 heterocycles. The van der Waals surface area contributed by atoms with Gasteiger partial charge in [0.05, 0.1) is 5.56 Å². The summed E-state index contributed by atoms with van der Waals surface area (Å²) in [5.41, 5.74) is 5.68. The van der Waals surface area contributed by atoms with Gasteiger partial charge in [0.25, 0.3) is 5.91 Å². The van der Waals surface area contributed by atoms with Gasteiger partial charge >= 0.3 is 6.18 Å². The number of carbonyl (C=O) groups excluding carboxylic acids is 1. The zero-order valence-electron chi connectivity index (χ0n) is 16.8. The molecule has 0 saturated heterocycles. The van der Waals surface area contributed by atoms with Crippen LogP contribution in [0, 0.1) is 0 Å². The van der Waals surface area contributed by atoms with E-state index >= 15 is 0 Å². The van der Waals surface area contributed by atoms with E-state index in [2.05, 4.69) is 15.5 Å². The van der Waals surface area contributed by atoms with E-state index in [9.17, 15) is 18.0 Å². The van der Waals surface area contributed by atoms with Crippen LogP contribution in [0.25, 0.3) is 0 Å². The molecule has 0 fully saturated rings. The maximum atomic E-state index is 12.6. The lowest BCUT2D eigenvalue weighted by Crippen LogP contribution is -2.27. The Kier molecular flexibility index (Phi) is 6.93. The third kappa shape index (κ3) is 6.21. The molecule has 0 aliphatic rings. The number of amidine groups is 1. The fourth-order valence-corrected chi connectivity index (χ4v) is 2.42. The van der Waals surface area contributed by atoms with Crippen LogP contribution in [0.5, 0.6) is 11.6 Å². The lowest BCUT2D eigenvalue weighted by Gasteiger charge is -2.12. The van der Waals surface area contributed by atoms with E-state index in [1.54, 1.807) is 24.3 Å². The Hall–Kier alpha value is -4.08. The van der Waals surface area contributed by atoms with Crippen molar-refractivity contribution in [3.8, 4) is 11.6 Å². The van der Waals surface area contributed by atoms with Gasteiger partial charge in [-0.15, -0.1) is 0 Å². The first-order valence-corrected chi connectivity index (χ1v) is 9.39. The summed E-state index contributed by atoms with van der Waals surface area (Å²) in [6, 6.07) is 16.4. The molecule has 0 spiro atoms. The summed E-state index contributed by atoms with van der Waals surface area (Å²) in [6.45, 7) is 1.42. The van der Waals surface area contributed by atoms with Crippen LogP contribution in [0.4, 0.5) is 18.9 Å². The molecular weight excluding hydrogens is 425 g/mol. The Labute approximate surface area is 181 Å². The SMILES string of the molecule is CC(ON=C(N)c1ccc(Oc2ccccc2)nc1)C(=O)Nc1ccc(C(F)(F)F)cc1. The molecule has 2 aromatic carbocycles. The first-order chi connectivity index (χ1) is 15.2. The summed E-state index contributed by atoms with van der Waals surface area (Å²) in [6.07, 6.45) is -4.07. The highest BCUT2D eigenvalue weighted by Gasteiger charge is 2.30. The topological polar surface area (TPSA) is 98.8 Å². The molecule has 10 heteroatoms. The monoisotopic (exact) mass is 444 g/mol. The summed E-state index contributed by atoms with van der Waals surface area (Å²) >= 11 is 0. The number of oxime groups is 1. The average Bonchev–Trinajstić information content (AvgIpc) is 2.78. The van der Waals surface area contributed by atoms with Crippen LogP contribution in [-0.4, -0.2) is 22.8 Å². The number of aromatic nitrogens is 1. The third-order valence-electron chi connectivity index (χ3n) is 4.16. The van der Waals surface area contributed by atoms with E-state index in [1.807, 2.05) is 18.2 Å². The quantitative estimate of drug-likeness (QED) is 0.316. The van der Waals surface area contributed by atoms with Gasteiger partial charge in [0.15, 0.2) is 5.84 Å². The second-order valence-corrected chi connectivity index (χ2v) is 6.59. The molecule has 166 valence electrons. The lowest BCUT2D eigenvalue weighted by atomic mass is 10.2. The predicted octanol–water partition coefficient (Wildman–Crippen LogP) is 4.56. The fourth-order valence-electron chi connectivity index (χ4n) is 2.42. The molecule has 0 aliphatic heterocycles. The van der Waals surface area contributed by atoms with Gasteiger partial charge in [-0.1, -0.05) is 23.4 Å². The number of rotatable bonds is 7. The van der Waals surface area contributed by atoms with Crippen molar-refractivity contribution in [2.45, 2.75) is 19.2 Å². The number of alkyl halides is 3. The normalized spacial score (nSPS) is 12.7. The Morgan fingerprint density at radius 3 is 2.34 bits per heavy atom. The second kappa shape index (κ2) is 9.82. The number of anilines is 1. The largest absolute Gasteiger partial charge is 0.439 e. The number of halogens is 3. The Balaban J connectivity index is 1.54. The van der Waals surface area contributed by atoms with Crippen LogP contribution in [0.3, 0.4) is 0 Å². The van der Waals surface area contributed by atoms with Crippen molar-refractivity contribution in [3.05, 3.63) is 84.1 Å². The maximum absolute atomic E-state index is 12.6. The van der Waals surface area contributed by atoms with Crippen LogP contribution in [0.2, 0.25) is 0 Å². The summed E-state index contributed by atoms with van der Waals surface area (Å²) in [5, 5.41) is 6.17. The number of nitrogens with zero attached hydrogens (tertiary/aromatic N) is 2. The van der Waals surface area contributed by atoms with Gasteiger partial charge in [0.2, 0.25) is 12.0 Å². The number of hydrogen-bond donors (Lipinski definition) is 2. The molecule has 7 nitrogen and oxygen atoms in total. The molecule has 3 rings (SSSR count). The van der Waals surface area contributed by atoms with Crippen LogP contribution < -0.4 is 15.8 Å². The highest BCUT2D eigenvalue weighted by Crippen LogP contribution is 2.29. The van der Waals surface area contributed by atoms with Crippen molar-refractivity contribution >= 4 is 17.4 Å². The van der Waals surface area contributed by atoms with Gasteiger partial charge in [-0.25, -0.2) is 4.98 Å². The molecule has 3 N–H and O–H groups in total. The average molecular weight is 444 g/mol. The van der Waals surface area contributed by atoms with E-state index in [1.165, 1.54) is 13.1 Å².